The number of benzene rings is 1. The summed E-state index contributed by atoms with van der Waals surface area (Å²) in [6.07, 6.45) is 1.88. The number of nitrogens with zero attached hydrogens (tertiary/aromatic N) is 2. The van der Waals surface area contributed by atoms with Gasteiger partial charge in [0.05, 0.1) is 29.7 Å². The highest BCUT2D eigenvalue weighted by molar-refractivity contribution is 6.09. The van der Waals surface area contributed by atoms with Crippen LogP contribution >= 0.6 is 0 Å². The maximum atomic E-state index is 11.9. The molecule has 1 aromatic carbocycles. The van der Waals surface area contributed by atoms with Gasteiger partial charge in [-0.1, -0.05) is 13.3 Å². The highest BCUT2D eigenvalue weighted by Gasteiger charge is 2.15. The molecule has 19 heavy (non-hydrogen) atoms. The first-order valence-electron chi connectivity index (χ1n) is 6.11. The van der Waals surface area contributed by atoms with Gasteiger partial charge in [-0.3, -0.25) is 9.59 Å². The summed E-state index contributed by atoms with van der Waals surface area (Å²) in [5.41, 5.74) is 0.684. The van der Waals surface area contributed by atoms with E-state index in [1.807, 2.05) is 19.1 Å². The van der Waals surface area contributed by atoms with Crippen molar-refractivity contribution < 1.29 is 9.59 Å². The molecular weight excluding hydrogens is 240 g/mol. The molecule has 96 valence electrons. The topological polar surface area (TPSA) is 81.7 Å². The Kier molecular flexibility index (Phi) is 5.44. The lowest BCUT2D eigenvalue weighted by Gasteiger charge is -2.03. The largest absolute Gasteiger partial charge is 0.299 e. The van der Waals surface area contributed by atoms with Gasteiger partial charge < -0.3 is 0 Å². The van der Waals surface area contributed by atoms with Crippen molar-refractivity contribution in [1.29, 1.82) is 10.5 Å². The first-order valence-corrected chi connectivity index (χ1v) is 6.11. The number of carbonyl (C=O) groups excluding carboxylic acids is 2. The van der Waals surface area contributed by atoms with E-state index in [9.17, 15) is 9.59 Å². The minimum Gasteiger partial charge on any atom is -0.299 e. The summed E-state index contributed by atoms with van der Waals surface area (Å²) < 4.78 is 0. The smallest absolute Gasteiger partial charge is 0.171 e. The Morgan fingerprint density at radius 1 is 1.21 bits per heavy atom. The summed E-state index contributed by atoms with van der Waals surface area (Å²) in [4.78, 5) is 23.5. The molecule has 4 nitrogen and oxygen atoms in total. The molecule has 0 bridgehead atoms. The van der Waals surface area contributed by atoms with Crippen LogP contribution in [0.15, 0.2) is 18.2 Å². The summed E-state index contributed by atoms with van der Waals surface area (Å²) in [6, 6.07) is 8.07. The summed E-state index contributed by atoms with van der Waals surface area (Å²) in [5.74, 6) is -0.470. The SMILES string of the molecule is CCCCC(=O)CC(=O)c1ccc(C#N)cc1C#N. The molecule has 0 fully saturated rings. The fraction of sp³-hybridized carbons (Fsp3) is 0.333. The maximum Gasteiger partial charge on any atom is 0.171 e. The zero-order valence-electron chi connectivity index (χ0n) is 10.8. The van der Waals surface area contributed by atoms with Crippen LogP contribution in [-0.4, -0.2) is 11.6 Å². The zero-order chi connectivity index (χ0) is 14.3. The second-order valence-corrected chi connectivity index (χ2v) is 4.23. The second-order valence-electron chi connectivity index (χ2n) is 4.23. The van der Waals surface area contributed by atoms with Crippen LogP contribution in [0.5, 0.6) is 0 Å². The van der Waals surface area contributed by atoms with Gasteiger partial charge in [0.15, 0.2) is 5.78 Å². The van der Waals surface area contributed by atoms with Crippen LogP contribution < -0.4 is 0 Å². The van der Waals surface area contributed by atoms with E-state index in [4.69, 9.17) is 10.5 Å². The predicted molar refractivity (Wildman–Crippen MR) is 69.4 cm³/mol. The molecule has 0 aromatic heterocycles. The van der Waals surface area contributed by atoms with Gasteiger partial charge in [-0.15, -0.1) is 0 Å². The molecule has 1 aromatic rings. The van der Waals surface area contributed by atoms with E-state index < -0.39 is 0 Å². The van der Waals surface area contributed by atoms with Crippen molar-refractivity contribution in [3.8, 4) is 12.1 Å². The minimum atomic E-state index is -0.359. The van der Waals surface area contributed by atoms with Crippen molar-refractivity contribution in [2.75, 3.05) is 0 Å². The van der Waals surface area contributed by atoms with E-state index in [-0.39, 0.29) is 29.1 Å². The normalized spacial score (nSPS) is 9.42. The molecule has 0 heterocycles. The summed E-state index contributed by atoms with van der Waals surface area (Å²) in [6.45, 7) is 1.98. The number of carbonyl (C=O) groups is 2. The first-order chi connectivity index (χ1) is 9.12. The van der Waals surface area contributed by atoms with E-state index in [2.05, 4.69) is 0 Å². The van der Waals surface area contributed by atoms with E-state index >= 15 is 0 Å². The van der Waals surface area contributed by atoms with Crippen molar-refractivity contribution in [2.24, 2.45) is 0 Å². The van der Waals surface area contributed by atoms with Gasteiger partial charge in [0.2, 0.25) is 0 Å². The molecule has 0 amide bonds. The van der Waals surface area contributed by atoms with E-state index in [1.165, 1.54) is 18.2 Å². The van der Waals surface area contributed by atoms with Crippen molar-refractivity contribution in [1.82, 2.24) is 0 Å². The third-order valence-corrected chi connectivity index (χ3v) is 2.74. The summed E-state index contributed by atoms with van der Waals surface area (Å²) in [7, 11) is 0. The highest BCUT2D eigenvalue weighted by atomic mass is 16.1. The molecule has 0 aliphatic carbocycles. The maximum absolute atomic E-state index is 11.9. The Morgan fingerprint density at radius 3 is 2.53 bits per heavy atom. The van der Waals surface area contributed by atoms with Crippen molar-refractivity contribution >= 4 is 11.6 Å². The predicted octanol–water partition coefficient (Wildman–Crippen LogP) is 2.76. The zero-order valence-corrected chi connectivity index (χ0v) is 10.8. The molecule has 0 atom stereocenters. The van der Waals surface area contributed by atoms with Crippen LogP contribution in [0.25, 0.3) is 0 Å². The van der Waals surface area contributed by atoms with Crippen LogP contribution in [0.4, 0.5) is 0 Å². The van der Waals surface area contributed by atoms with Crippen molar-refractivity contribution in [3.63, 3.8) is 0 Å². The molecule has 0 N–H and O–H groups in total. The molecule has 0 unspecified atom stereocenters. The summed E-state index contributed by atoms with van der Waals surface area (Å²) in [5, 5.41) is 17.7. The van der Waals surface area contributed by atoms with Crippen LogP contribution in [0.1, 0.15) is 54.1 Å². The monoisotopic (exact) mass is 254 g/mol. The molecule has 0 saturated carbocycles. The van der Waals surface area contributed by atoms with Crippen LogP contribution in [0.2, 0.25) is 0 Å². The minimum absolute atomic E-state index is 0.111. The third kappa shape index (κ3) is 4.04. The molecule has 4 heteroatoms. The van der Waals surface area contributed by atoms with Gasteiger partial charge in [0, 0.05) is 12.0 Å². The summed E-state index contributed by atoms with van der Waals surface area (Å²) >= 11 is 0. The van der Waals surface area contributed by atoms with Gasteiger partial charge in [-0.25, -0.2) is 0 Å². The van der Waals surface area contributed by atoms with Crippen LogP contribution in [0, 0.1) is 22.7 Å². The third-order valence-electron chi connectivity index (χ3n) is 2.74. The van der Waals surface area contributed by atoms with E-state index in [1.54, 1.807) is 0 Å². The second kappa shape index (κ2) is 7.08. The van der Waals surface area contributed by atoms with Gasteiger partial charge in [0.25, 0.3) is 0 Å². The number of ketones is 2. The molecule has 0 saturated heterocycles. The van der Waals surface area contributed by atoms with Crippen LogP contribution in [-0.2, 0) is 4.79 Å². The molecule has 0 radical (unpaired) electrons. The number of rotatable bonds is 6. The van der Waals surface area contributed by atoms with Gasteiger partial charge in [-0.2, -0.15) is 10.5 Å². The van der Waals surface area contributed by atoms with Crippen molar-refractivity contribution in [2.45, 2.75) is 32.6 Å². The average Bonchev–Trinajstić information content (AvgIpc) is 2.44. The molecule has 0 aliphatic heterocycles. The van der Waals surface area contributed by atoms with Crippen molar-refractivity contribution in [3.05, 3.63) is 34.9 Å². The molecule has 1 rings (SSSR count). The fourth-order valence-corrected chi connectivity index (χ4v) is 1.69. The Hall–Kier alpha value is -2.46. The lowest BCUT2D eigenvalue weighted by molar-refractivity contribution is -0.118. The van der Waals surface area contributed by atoms with Crippen LogP contribution in [0.3, 0.4) is 0 Å². The fourth-order valence-electron chi connectivity index (χ4n) is 1.69. The standard InChI is InChI=1S/C15H14N2O2/c1-2-3-4-13(18)8-15(19)14-6-5-11(9-16)7-12(14)10-17/h5-7H,2-4,8H2,1H3. The highest BCUT2D eigenvalue weighted by Crippen LogP contribution is 2.14. The quantitative estimate of drug-likeness (QED) is 0.577. The van der Waals surface area contributed by atoms with Gasteiger partial charge in [-0.05, 0) is 24.6 Å². The van der Waals surface area contributed by atoms with Gasteiger partial charge >= 0.3 is 0 Å². The van der Waals surface area contributed by atoms with Gasteiger partial charge in [0.1, 0.15) is 5.78 Å². The number of unbranched alkanes of at least 4 members (excludes halogenated alkanes) is 1. The number of hydrogen-bond acceptors (Lipinski definition) is 4. The molecular formula is C15H14N2O2. The Bertz CT molecular complexity index is 577. The Balaban J connectivity index is 2.86. The molecule has 0 aliphatic rings. The molecule has 0 spiro atoms. The Labute approximate surface area is 112 Å². The average molecular weight is 254 g/mol. The number of nitriles is 2. The van der Waals surface area contributed by atoms with E-state index in [0.717, 1.165) is 12.8 Å². The lowest BCUT2D eigenvalue weighted by Crippen LogP contribution is -2.09. The number of hydrogen-bond donors (Lipinski definition) is 0. The lowest BCUT2D eigenvalue weighted by atomic mass is 9.97. The van der Waals surface area contributed by atoms with E-state index in [0.29, 0.717) is 12.0 Å². The Morgan fingerprint density at radius 2 is 1.95 bits per heavy atom. The first kappa shape index (κ1) is 14.6. The number of Topliss-reactive ketones (excluding diaryl/α,β-unsaturated/α-hetero) is 2.